The van der Waals surface area contributed by atoms with Gasteiger partial charge in [0.2, 0.25) is 15.9 Å². The van der Waals surface area contributed by atoms with Gasteiger partial charge in [0.05, 0.1) is 10.9 Å². The molecule has 2 saturated heterocycles. The van der Waals surface area contributed by atoms with Crippen molar-refractivity contribution in [2.45, 2.75) is 23.8 Å². The second-order valence-electron chi connectivity index (χ2n) is 9.72. The second-order valence-corrected chi connectivity index (χ2v) is 12.6. The van der Waals surface area contributed by atoms with Crippen LogP contribution in [0.4, 0.5) is 0 Å². The lowest BCUT2D eigenvalue weighted by atomic mass is 9.95. The third-order valence-corrected chi connectivity index (χ3v) is 9.92. The van der Waals surface area contributed by atoms with Gasteiger partial charge in [-0.1, -0.05) is 76.6 Å². The number of benzene rings is 3. The molecule has 5 rings (SSSR count). The van der Waals surface area contributed by atoms with Crippen molar-refractivity contribution in [2.75, 3.05) is 39.3 Å². The minimum Gasteiger partial charge on any atom is -0.340 e. The highest BCUT2D eigenvalue weighted by Gasteiger charge is 2.35. The van der Waals surface area contributed by atoms with Gasteiger partial charge >= 0.3 is 0 Å². The predicted molar refractivity (Wildman–Crippen MR) is 149 cm³/mol. The number of hydrogen-bond donors (Lipinski definition) is 0. The molecule has 2 aliphatic heterocycles. The van der Waals surface area contributed by atoms with Gasteiger partial charge in [0.15, 0.2) is 0 Å². The Balaban J connectivity index is 1.19. The highest BCUT2D eigenvalue weighted by Crippen LogP contribution is 2.31. The number of halogens is 1. The smallest absolute Gasteiger partial charge is 0.243 e. The lowest BCUT2D eigenvalue weighted by molar-refractivity contribution is -0.138. The number of piperidine rings is 1. The van der Waals surface area contributed by atoms with E-state index in [-0.39, 0.29) is 17.9 Å². The lowest BCUT2D eigenvalue weighted by Gasteiger charge is -2.41. The maximum Gasteiger partial charge on any atom is 0.243 e. The molecular formula is C29H32BrN3O3S. The first-order chi connectivity index (χ1) is 17.9. The highest BCUT2D eigenvalue weighted by molar-refractivity contribution is 9.10. The molecule has 0 radical (unpaired) electrons. The van der Waals surface area contributed by atoms with Crippen LogP contribution in [0.3, 0.4) is 0 Å². The summed E-state index contributed by atoms with van der Waals surface area (Å²) in [5.74, 6) is 0.0401. The maximum absolute atomic E-state index is 13.4. The average Bonchev–Trinajstić information content (AvgIpc) is 2.95. The fraction of sp³-hybridized carbons (Fsp3) is 0.345. The number of nitrogens with zero attached hydrogens (tertiary/aromatic N) is 3. The second kappa shape index (κ2) is 11.5. The van der Waals surface area contributed by atoms with Crippen LogP contribution in [0, 0.1) is 5.92 Å². The van der Waals surface area contributed by atoms with Gasteiger partial charge in [0, 0.05) is 49.7 Å². The summed E-state index contributed by atoms with van der Waals surface area (Å²) in [7, 11) is -3.54. The van der Waals surface area contributed by atoms with Crippen molar-refractivity contribution >= 4 is 31.9 Å². The first kappa shape index (κ1) is 26.1. The summed E-state index contributed by atoms with van der Waals surface area (Å²) in [5.41, 5.74) is 2.51. The number of sulfonamides is 1. The van der Waals surface area contributed by atoms with E-state index in [2.05, 4.69) is 69.4 Å². The molecule has 1 amide bonds. The van der Waals surface area contributed by atoms with Crippen LogP contribution in [0.2, 0.25) is 0 Å². The van der Waals surface area contributed by atoms with Crippen molar-refractivity contribution < 1.29 is 13.2 Å². The van der Waals surface area contributed by atoms with Crippen LogP contribution in [0.25, 0.3) is 0 Å². The molecule has 0 spiro atoms. The zero-order valence-electron chi connectivity index (χ0n) is 20.7. The average molecular weight is 583 g/mol. The van der Waals surface area contributed by atoms with E-state index < -0.39 is 10.0 Å². The van der Waals surface area contributed by atoms with Gasteiger partial charge in [-0.05, 0) is 48.2 Å². The van der Waals surface area contributed by atoms with E-state index in [1.165, 1.54) is 15.4 Å². The van der Waals surface area contributed by atoms with Crippen LogP contribution in [0.1, 0.15) is 30.0 Å². The fourth-order valence-electron chi connectivity index (χ4n) is 5.44. The molecule has 2 heterocycles. The van der Waals surface area contributed by atoms with Gasteiger partial charge in [-0.2, -0.15) is 4.31 Å². The molecule has 0 bridgehead atoms. The number of amides is 1. The third kappa shape index (κ3) is 5.82. The van der Waals surface area contributed by atoms with Crippen LogP contribution in [-0.2, 0) is 14.8 Å². The first-order valence-electron chi connectivity index (χ1n) is 12.8. The number of carbonyl (C=O) groups excluding carboxylic acids is 1. The Morgan fingerprint density at radius 1 is 0.730 bits per heavy atom. The summed E-state index contributed by atoms with van der Waals surface area (Å²) in [6, 6.07) is 28.0. The molecule has 37 heavy (non-hydrogen) atoms. The van der Waals surface area contributed by atoms with Gasteiger partial charge in [-0.15, -0.1) is 0 Å². The van der Waals surface area contributed by atoms with E-state index in [0.717, 1.165) is 17.6 Å². The zero-order chi connectivity index (χ0) is 25.8. The number of rotatable bonds is 6. The predicted octanol–water partition coefficient (Wildman–Crippen LogP) is 4.78. The van der Waals surface area contributed by atoms with Crippen molar-refractivity contribution in [3.8, 4) is 0 Å². The number of hydrogen-bond acceptors (Lipinski definition) is 4. The molecule has 8 heteroatoms. The van der Waals surface area contributed by atoms with Crippen LogP contribution < -0.4 is 0 Å². The third-order valence-electron chi connectivity index (χ3n) is 7.48. The normalized spacial score (nSPS) is 18.3. The highest BCUT2D eigenvalue weighted by atomic mass is 79.9. The topological polar surface area (TPSA) is 60.9 Å². The first-order valence-corrected chi connectivity index (χ1v) is 15.1. The molecular weight excluding hydrogens is 550 g/mol. The van der Waals surface area contributed by atoms with E-state index in [0.29, 0.717) is 43.9 Å². The Hall–Kier alpha value is -2.52. The van der Waals surface area contributed by atoms with Gasteiger partial charge < -0.3 is 4.90 Å². The van der Waals surface area contributed by atoms with E-state index in [4.69, 9.17) is 0 Å². The van der Waals surface area contributed by atoms with E-state index in [9.17, 15) is 13.2 Å². The van der Waals surface area contributed by atoms with Crippen LogP contribution in [0.15, 0.2) is 94.3 Å². The standard InChI is InChI=1S/C29H32BrN3O3S/c30-26-11-13-27(14-12-26)37(35,36)33-17-15-25(16-18-33)29(34)32-21-19-31(20-22-32)28(23-7-3-1-4-8-23)24-9-5-2-6-10-24/h1-14,25,28H,15-22H2. The summed E-state index contributed by atoms with van der Waals surface area (Å²) >= 11 is 3.35. The van der Waals surface area contributed by atoms with Crippen molar-refractivity contribution in [3.05, 3.63) is 101 Å². The number of carbonyl (C=O) groups is 1. The molecule has 0 atom stereocenters. The molecule has 0 aromatic heterocycles. The largest absolute Gasteiger partial charge is 0.340 e. The zero-order valence-corrected chi connectivity index (χ0v) is 23.1. The fourth-order valence-corrected chi connectivity index (χ4v) is 7.18. The molecule has 0 saturated carbocycles. The van der Waals surface area contributed by atoms with Crippen molar-refractivity contribution in [2.24, 2.45) is 5.92 Å². The lowest BCUT2D eigenvalue weighted by Crippen LogP contribution is -2.52. The SMILES string of the molecule is O=C(C1CCN(S(=O)(=O)c2ccc(Br)cc2)CC1)N1CCN(C(c2ccccc2)c2ccccc2)CC1. The summed E-state index contributed by atoms with van der Waals surface area (Å²) < 4.78 is 28.4. The molecule has 0 N–H and O–H groups in total. The minimum absolute atomic E-state index is 0.123. The van der Waals surface area contributed by atoms with Gasteiger partial charge in [-0.25, -0.2) is 8.42 Å². The van der Waals surface area contributed by atoms with Crippen molar-refractivity contribution in [3.63, 3.8) is 0 Å². The van der Waals surface area contributed by atoms with Crippen LogP contribution in [0.5, 0.6) is 0 Å². The molecule has 0 aliphatic carbocycles. The minimum atomic E-state index is -3.54. The Kier molecular flexibility index (Phi) is 8.09. The quantitative estimate of drug-likeness (QED) is 0.420. The monoisotopic (exact) mass is 581 g/mol. The van der Waals surface area contributed by atoms with Crippen molar-refractivity contribution in [1.29, 1.82) is 0 Å². The summed E-state index contributed by atoms with van der Waals surface area (Å²) in [6.07, 6.45) is 1.12. The Labute approximate surface area is 228 Å². The van der Waals surface area contributed by atoms with E-state index >= 15 is 0 Å². The molecule has 3 aromatic rings. The molecule has 6 nitrogen and oxygen atoms in total. The van der Waals surface area contributed by atoms with Crippen molar-refractivity contribution in [1.82, 2.24) is 14.1 Å². The number of piperazine rings is 1. The van der Waals surface area contributed by atoms with Crippen LogP contribution in [-0.4, -0.2) is 67.7 Å². The summed E-state index contributed by atoms with van der Waals surface area (Å²) in [5, 5.41) is 0. The maximum atomic E-state index is 13.4. The van der Waals surface area contributed by atoms with Gasteiger partial charge in [-0.3, -0.25) is 9.69 Å². The molecule has 3 aromatic carbocycles. The van der Waals surface area contributed by atoms with E-state index in [1.807, 2.05) is 17.0 Å². The molecule has 2 aliphatic rings. The molecule has 2 fully saturated rings. The Bertz CT molecular complexity index is 1250. The Morgan fingerprint density at radius 3 is 1.76 bits per heavy atom. The molecule has 194 valence electrons. The summed E-state index contributed by atoms with van der Waals surface area (Å²) in [4.78, 5) is 18.1. The molecule has 0 unspecified atom stereocenters. The van der Waals surface area contributed by atoms with Gasteiger partial charge in [0.1, 0.15) is 0 Å². The van der Waals surface area contributed by atoms with Gasteiger partial charge in [0.25, 0.3) is 0 Å². The summed E-state index contributed by atoms with van der Waals surface area (Å²) in [6.45, 7) is 3.73. The van der Waals surface area contributed by atoms with E-state index in [1.54, 1.807) is 24.3 Å². The Morgan fingerprint density at radius 2 is 1.24 bits per heavy atom. The van der Waals surface area contributed by atoms with Crippen LogP contribution >= 0.6 is 15.9 Å².